The third kappa shape index (κ3) is 3.53. The van der Waals surface area contributed by atoms with Crippen molar-refractivity contribution < 1.29 is 9.47 Å². The first-order chi connectivity index (χ1) is 8.13. The van der Waals surface area contributed by atoms with E-state index in [2.05, 4.69) is 4.99 Å². The van der Waals surface area contributed by atoms with E-state index in [0.717, 1.165) is 12.2 Å². The van der Waals surface area contributed by atoms with Crippen LogP contribution in [-0.4, -0.2) is 24.8 Å². The van der Waals surface area contributed by atoms with E-state index in [-0.39, 0.29) is 18.2 Å². The van der Waals surface area contributed by atoms with Crippen LogP contribution in [0.3, 0.4) is 0 Å². The Morgan fingerprint density at radius 2 is 2.47 bits per heavy atom. The van der Waals surface area contributed by atoms with Gasteiger partial charge in [0.2, 0.25) is 0 Å². The lowest BCUT2D eigenvalue weighted by atomic mass is 10.1. The van der Waals surface area contributed by atoms with Crippen LogP contribution in [0.4, 0.5) is 0 Å². The zero-order valence-corrected chi connectivity index (χ0v) is 10.4. The van der Waals surface area contributed by atoms with Crippen molar-refractivity contribution in [2.24, 2.45) is 10.7 Å². The summed E-state index contributed by atoms with van der Waals surface area (Å²) in [6.45, 7) is 2.53. The molecule has 0 aromatic heterocycles. The second-order valence-electron chi connectivity index (χ2n) is 4.05. The van der Waals surface area contributed by atoms with Gasteiger partial charge in [-0.1, -0.05) is 17.7 Å². The molecule has 92 valence electrons. The van der Waals surface area contributed by atoms with E-state index in [1.807, 2.05) is 25.1 Å². The fourth-order valence-corrected chi connectivity index (χ4v) is 1.94. The first-order valence-corrected chi connectivity index (χ1v) is 5.89. The van der Waals surface area contributed by atoms with Crippen LogP contribution in [0.1, 0.15) is 13.3 Å². The number of nitrogens with zero attached hydrogens (tertiary/aromatic N) is 1. The fourth-order valence-electron chi connectivity index (χ4n) is 1.76. The van der Waals surface area contributed by atoms with E-state index in [4.69, 9.17) is 26.8 Å². The SMILES string of the molecule is C[C@H](CC1COC(N)=N1)Oc1cccc(Cl)c1. The Morgan fingerprint density at radius 3 is 3.12 bits per heavy atom. The Bertz CT molecular complexity index is 423. The number of hydrogen-bond donors (Lipinski definition) is 1. The van der Waals surface area contributed by atoms with Crippen molar-refractivity contribution in [3.05, 3.63) is 29.3 Å². The van der Waals surface area contributed by atoms with Crippen LogP contribution in [0.25, 0.3) is 0 Å². The molecule has 5 heteroatoms. The molecular weight excluding hydrogens is 240 g/mol. The van der Waals surface area contributed by atoms with Crippen LogP contribution >= 0.6 is 11.6 Å². The largest absolute Gasteiger partial charge is 0.491 e. The predicted octanol–water partition coefficient (Wildman–Crippen LogP) is 2.21. The minimum absolute atomic E-state index is 0.0386. The van der Waals surface area contributed by atoms with E-state index in [1.165, 1.54) is 0 Å². The lowest BCUT2D eigenvalue weighted by Crippen LogP contribution is -2.20. The molecule has 2 atom stereocenters. The van der Waals surface area contributed by atoms with E-state index in [9.17, 15) is 0 Å². The molecule has 0 amide bonds. The van der Waals surface area contributed by atoms with Crippen molar-refractivity contribution in [1.29, 1.82) is 0 Å². The van der Waals surface area contributed by atoms with Crippen LogP contribution in [0.15, 0.2) is 29.3 Å². The third-order valence-corrected chi connectivity index (χ3v) is 2.71. The maximum atomic E-state index is 5.88. The smallest absolute Gasteiger partial charge is 0.282 e. The molecule has 0 fully saturated rings. The van der Waals surface area contributed by atoms with Gasteiger partial charge in [-0.15, -0.1) is 0 Å². The molecule has 2 rings (SSSR count). The van der Waals surface area contributed by atoms with Crippen molar-refractivity contribution in [2.45, 2.75) is 25.5 Å². The van der Waals surface area contributed by atoms with E-state index >= 15 is 0 Å². The number of rotatable bonds is 4. The molecule has 0 saturated carbocycles. The molecule has 1 aromatic rings. The molecule has 0 bridgehead atoms. The monoisotopic (exact) mass is 254 g/mol. The van der Waals surface area contributed by atoms with Gasteiger partial charge < -0.3 is 15.2 Å². The number of nitrogens with two attached hydrogens (primary N) is 1. The van der Waals surface area contributed by atoms with Crippen LogP contribution < -0.4 is 10.5 Å². The van der Waals surface area contributed by atoms with Crippen molar-refractivity contribution >= 4 is 17.6 Å². The second kappa shape index (κ2) is 5.27. The second-order valence-corrected chi connectivity index (χ2v) is 4.49. The van der Waals surface area contributed by atoms with Crippen molar-refractivity contribution in [3.8, 4) is 5.75 Å². The van der Waals surface area contributed by atoms with Crippen LogP contribution in [0.2, 0.25) is 5.02 Å². The molecule has 2 N–H and O–H groups in total. The van der Waals surface area contributed by atoms with Crippen molar-refractivity contribution in [1.82, 2.24) is 0 Å². The van der Waals surface area contributed by atoms with Crippen molar-refractivity contribution in [3.63, 3.8) is 0 Å². The third-order valence-electron chi connectivity index (χ3n) is 2.47. The molecule has 1 unspecified atom stereocenters. The summed E-state index contributed by atoms with van der Waals surface area (Å²) < 4.78 is 10.8. The summed E-state index contributed by atoms with van der Waals surface area (Å²) in [4.78, 5) is 4.15. The maximum Gasteiger partial charge on any atom is 0.282 e. The number of amidine groups is 1. The van der Waals surface area contributed by atoms with E-state index < -0.39 is 0 Å². The molecule has 1 aliphatic rings. The zero-order valence-electron chi connectivity index (χ0n) is 9.60. The highest BCUT2D eigenvalue weighted by Crippen LogP contribution is 2.20. The normalized spacial score (nSPS) is 20.6. The molecule has 4 nitrogen and oxygen atoms in total. The molecule has 0 spiro atoms. The number of ether oxygens (including phenoxy) is 2. The van der Waals surface area contributed by atoms with Gasteiger partial charge in [-0.25, -0.2) is 4.99 Å². The Labute approximate surface area is 105 Å². The topological polar surface area (TPSA) is 56.8 Å². The summed E-state index contributed by atoms with van der Waals surface area (Å²) in [6.07, 6.45) is 0.810. The van der Waals surface area contributed by atoms with Gasteiger partial charge >= 0.3 is 0 Å². The summed E-state index contributed by atoms with van der Waals surface area (Å²) in [5.41, 5.74) is 5.44. The molecule has 1 aromatic carbocycles. The summed E-state index contributed by atoms with van der Waals surface area (Å²) in [6, 6.07) is 7.70. The van der Waals surface area contributed by atoms with Gasteiger partial charge in [0.05, 0.1) is 12.1 Å². The van der Waals surface area contributed by atoms with Gasteiger partial charge in [0.25, 0.3) is 6.02 Å². The molecule has 0 saturated heterocycles. The highest BCUT2D eigenvalue weighted by atomic mass is 35.5. The Morgan fingerprint density at radius 1 is 1.65 bits per heavy atom. The van der Waals surface area contributed by atoms with Gasteiger partial charge in [-0.3, -0.25) is 0 Å². The predicted molar refractivity (Wildman–Crippen MR) is 67.5 cm³/mol. The molecular formula is C12H15ClN2O2. The van der Waals surface area contributed by atoms with Gasteiger partial charge in [0.15, 0.2) is 0 Å². The van der Waals surface area contributed by atoms with E-state index in [1.54, 1.807) is 6.07 Å². The Kier molecular flexibility index (Phi) is 3.74. The Hall–Kier alpha value is -1.42. The van der Waals surface area contributed by atoms with Crippen LogP contribution in [0.5, 0.6) is 5.75 Å². The minimum Gasteiger partial charge on any atom is -0.491 e. The number of hydrogen-bond acceptors (Lipinski definition) is 4. The summed E-state index contributed by atoms with van der Waals surface area (Å²) in [5, 5.41) is 0.668. The van der Waals surface area contributed by atoms with Crippen molar-refractivity contribution in [2.75, 3.05) is 6.61 Å². The highest BCUT2D eigenvalue weighted by Gasteiger charge is 2.20. The van der Waals surface area contributed by atoms with Gasteiger partial charge in [-0.05, 0) is 25.1 Å². The average Bonchev–Trinajstić information content (AvgIpc) is 2.63. The fraction of sp³-hybridized carbons (Fsp3) is 0.417. The summed E-state index contributed by atoms with van der Waals surface area (Å²) in [7, 11) is 0. The molecule has 1 heterocycles. The van der Waals surface area contributed by atoms with Crippen LogP contribution in [-0.2, 0) is 4.74 Å². The number of halogens is 1. The van der Waals surface area contributed by atoms with Gasteiger partial charge in [0.1, 0.15) is 12.4 Å². The zero-order chi connectivity index (χ0) is 12.3. The van der Waals surface area contributed by atoms with E-state index in [0.29, 0.717) is 11.6 Å². The number of benzene rings is 1. The summed E-state index contributed by atoms with van der Waals surface area (Å²) in [5.74, 6) is 0.765. The minimum atomic E-state index is 0.0386. The lowest BCUT2D eigenvalue weighted by Gasteiger charge is -2.16. The first kappa shape index (κ1) is 12.0. The summed E-state index contributed by atoms with van der Waals surface area (Å²) >= 11 is 5.88. The number of aliphatic imine (C=N–C) groups is 1. The lowest BCUT2D eigenvalue weighted by molar-refractivity contribution is 0.189. The molecule has 17 heavy (non-hydrogen) atoms. The van der Waals surface area contributed by atoms with Gasteiger partial charge in [0, 0.05) is 11.4 Å². The standard InChI is InChI=1S/C12H15ClN2O2/c1-8(5-10-7-16-12(14)15-10)17-11-4-2-3-9(13)6-11/h2-4,6,8,10H,5,7H2,1H3,(H2,14,15)/t8-,10?/m1/s1. The Balaban J connectivity index is 1.87. The van der Waals surface area contributed by atoms with Gasteiger partial charge in [-0.2, -0.15) is 0 Å². The average molecular weight is 255 g/mol. The maximum absolute atomic E-state index is 5.88. The first-order valence-electron chi connectivity index (χ1n) is 5.52. The molecule has 0 aliphatic carbocycles. The molecule has 1 aliphatic heterocycles. The molecule has 0 radical (unpaired) electrons. The highest BCUT2D eigenvalue weighted by molar-refractivity contribution is 6.30. The quantitative estimate of drug-likeness (QED) is 0.896. The van der Waals surface area contributed by atoms with Crippen LogP contribution in [0, 0.1) is 0 Å².